The normalized spacial score (nSPS) is 11.5. The minimum Gasteiger partial charge on any atom is -0.396 e. The zero-order valence-corrected chi connectivity index (χ0v) is 13.0. The fraction of sp³-hybridized carbons (Fsp3) is 0.375. The third-order valence-electron chi connectivity index (χ3n) is 3.60. The quantitative estimate of drug-likeness (QED) is 0.842. The zero-order valence-electron chi connectivity index (χ0n) is 13.0. The van der Waals surface area contributed by atoms with Gasteiger partial charge < -0.3 is 19.6 Å². The lowest BCUT2D eigenvalue weighted by Gasteiger charge is -2.29. The molecule has 1 amide bonds. The van der Waals surface area contributed by atoms with Crippen LogP contribution in [0, 0.1) is 11.2 Å². The van der Waals surface area contributed by atoms with Crippen LogP contribution in [-0.2, 0) is 0 Å². The first-order valence-corrected chi connectivity index (χ1v) is 7.09. The molecule has 2 N–H and O–H groups in total. The van der Waals surface area contributed by atoms with E-state index < -0.39 is 17.1 Å². The minimum absolute atomic E-state index is 0.0315. The summed E-state index contributed by atoms with van der Waals surface area (Å²) < 4.78 is 18.8. The van der Waals surface area contributed by atoms with E-state index in [9.17, 15) is 19.4 Å². The number of rotatable bonds is 6. The van der Waals surface area contributed by atoms with Gasteiger partial charge in [0.25, 0.3) is 5.91 Å². The molecule has 1 heterocycles. The number of aliphatic hydroxyl groups is 2. The van der Waals surface area contributed by atoms with Gasteiger partial charge in [-0.15, -0.1) is 0 Å². The Morgan fingerprint density at radius 1 is 1.35 bits per heavy atom. The van der Waals surface area contributed by atoms with Crippen LogP contribution in [0.5, 0.6) is 0 Å². The van der Waals surface area contributed by atoms with Gasteiger partial charge in [0.15, 0.2) is 11.5 Å². The monoisotopic (exact) mass is 322 g/mol. The summed E-state index contributed by atoms with van der Waals surface area (Å²) in [4.78, 5) is 13.7. The van der Waals surface area contributed by atoms with Crippen molar-refractivity contribution in [3.63, 3.8) is 0 Å². The summed E-state index contributed by atoms with van der Waals surface area (Å²) in [6.45, 7) is 1.27. The molecule has 0 saturated carbocycles. The highest BCUT2D eigenvalue weighted by Gasteiger charge is 2.28. The summed E-state index contributed by atoms with van der Waals surface area (Å²) in [5.41, 5.74) is -0.566. The molecule has 0 aliphatic rings. The molecule has 0 spiro atoms. The molecular weight excluding hydrogens is 303 g/mol. The number of benzene rings is 1. The average molecular weight is 322 g/mol. The molecular formula is C16H19FN2O4. The number of amides is 1. The van der Waals surface area contributed by atoms with E-state index in [1.165, 1.54) is 30.1 Å². The maximum atomic E-state index is 13.7. The van der Waals surface area contributed by atoms with Crippen molar-refractivity contribution in [2.45, 2.75) is 6.92 Å². The molecule has 1 aromatic carbocycles. The summed E-state index contributed by atoms with van der Waals surface area (Å²) in [6, 6.07) is 7.40. The van der Waals surface area contributed by atoms with Crippen molar-refractivity contribution >= 4 is 5.91 Å². The van der Waals surface area contributed by atoms with E-state index >= 15 is 0 Å². The van der Waals surface area contributed by atoms with Gasteiger partial charge in [-0.1, -0.05) is 24.2 Å². The second-order valence-corrected chi connectivity index (χ2v) is 5.84. The van der Waals surface area contributed by atoms with Gasteiger partial charge in [0.05, 0.1) is 18.8 Å². The predicted octanol–water partition coefficient (Wildman–Crippen LogP) is 1.54. The standard InChI is InChI=1S/C16H19FN2O4/c1-16(9-20,10-21)8-19(2)15(22)13-7-14(23-18-13)11-5-3-4-6-12(11)17/h3-7,20-21H,8-10H2,1-2H3. The molecule has 6 nitrogen and oxygen atoms in total. The predicted molar refractivity (Wildman–Crippen MR) is 81.1 cm³/mol. The van der Waals surface area contributed by atoms with Gasteiger partial charge in [-0.05, 0) is 12.1 Å². The van der Waals surface area contributed by atoms with Crippen LogP contribution in [-0.4, -0.2) is 53.0 Å². The topological polar surface area (TPSA) is 86.8 Å². The summed E-state index contributed by atoms with van der Waals surface area (Å²) in [7, 11) is 1.53. The lowest BCUT2D eigenvalue weighted by atomic mass is 9.92. The molecule has 1 aromatic heterocycles. The molecule has 0 bridgehead atoms. The molecule has 23 heavy (non-hydrogen) atoms. The largest absolute Gasteiger partial charge is 0.396 e. The van der Waals surface area contributed by atoms with Crippen LogP contribution >= 0.6 is 0 Å². The maximum Gasteiger partial charge on any atom is 0.275 e. The Labute approximate surface area is 133 Å². The van der Waals surface area contributed by atoms with Crippen molar-refractivity contribution in [1.29, 1.82) is 0 Å². The van der Waals surface area contributed by atoms with Gasteiger partial charge in [0.1, 0.15) is 5.82 Å². The van der Waals surface area contributed by atoms with Gasteiger partial charge in [-0.3, -0.25) is 4.79 Å². The Hall–Kier alpha value is -2.25. The molecule has 0 atom stereocenters. The van der Waals surface area contributed by atoms with E-state index in [4.69, 9.17) is 4.52 Å². The van der Waals surface area contributed by atoms with Crippen LogP contribution in [0.25, 0.3) is 11.3 Å². The molecule has 0 aliphatic heterocycles. The van der Waals surface area contributed by atoms with Crippen molar-refractivity contribution in [3.8, 4) is 11.3 Å². The highest BCUT2D eigenvalue weighted by molar-refractivity contribution is 5.93. The smallest absolute Gasteiger partial charge is 0.275 e. The highest BCUT2D eigenvalue weighted by Crippen LogP contribution is 2.24. The summed E-state index contributed by atoms with van der Waals surface area (Å²) in [5.74, 6) is -0.750. The molecule has 0 fully saturated rings. The summed E-state index contributed by atoms with van der Waals surface area (Å²) >= 11 is 0. The molecule has 7 heteroatoms. The Bertz CT molecular complexity index is 682. The van der Waals surface area contributed by atoms with Crippen molar-refractivity contribution in [3.05, 3.63) is 41.8 Å². The van der Waals surface area contributed by atoms with E-state index in [0.29, 0.717) is 0 Å². The first-order valence-electron chi connectivity index (χ1n) is 7.09. The second kappa shape index (κ2) is 6.89. The number of carbonyl (C=O) groups is 1. The number of halogens is 1. The minimum atomic E-state index is -0.817. The van der Waals surface area contributed by atoms with Gasteiger partial charge >= 0.3 is 0 Å². The number of aliphatic hydroxyl groups excluding tert-OH is 2. The Morgan fingerprint density at radius 3 is 2.61 bits per heavy atom. The molecule has 2 rings (SSSR count). The summed E-state index contributed by atoms with van der Waals surface area (Å²) in [6.07, 6.45) is 0. The number of aromatic nitrogens is 1. The molecule has 0 saturated heterocycles. The molecule has 0 radical (unpaired) electrons. The molecule has 0 aliphatic carbocycles. The fourth-order valence-corrected chi connectivity index (χ4v) is 2.15. The molecule has 124 valence electrons. The Kier molecular flexibility index (Phi) is 5.12. The lowest BCUT2D eigenvalue weighted by molar-refractivity contribution is 0.0362. The Balaban J connectivity index is 2.17. The fourth-order valence-electron chi connectivity index (χ4n) is 2.15. The number of carbonyl (C=O) groups excluding carboxylic acids is 1. The van der Waals surface area contributed by atoms with Crippen LogP contribution in [0.2, 0.25) is 0 Å². The van der Waals surface area contributed by atoms with Gasteiger partial charge in [-0.2, -0.15) is 0 Å². The van der Waals surface area contributed by atoms with Crippen LogP contribution in [0.4, 0.5) is 4.39 Å². The zero-order chi connectivity index (χ0) is 17.0. The third kappa shape index (κ3) is 3.75. The van der Waals surface area contributed by atoms with Crippen LogP contribution < -0.4 is 0 Å². The Morgan fingerprint density at radius 2 is 2.00 bits per heavy atom. The van der Waals surface area contributed by atoms with E-state index in [1.807, 2.05) is 0 Å². The van der Waals surface area contributed by atoms with Crippen molar-refractivity contribution in [2.75, 3.05) is 26.8 Å². The third-order valence-corrected chi connectivity index (χ3v) is 3.60. The summed E-state index contributed by atoms with van der Waals surface area (Å²) in [5, 5.41) is 22.3. The van der Waals surface area contributed by atoms with E-state index in [2.05, 4.69) is 5.16 Å². The van der Waals surface area contributed by atoms with Crippen molar-refractivity contribution in [2.24, 2.45) is 5.41 Å². The van der Waals surface area contributed by atoms with Gasteiger partial charge in [0.2, 0.25) is 0 Å². The van der Waals surface area contributed by atoms with Gasteiger partial charge in [0, 0.05) is 25.1 Å². The van der Waals surface area contributed by atoms with Crippen LogP contribution in [0.1, 0.15) is 17.4 Å². The van der Waals surface area contributed by atoms with E-state index in [-0.39, 0.29) is 36.8 Å². The lowest BCUT2D eigenvalue weighted by Crippen LogP contribution is -2.41. The van der Waals surface area contributed by atoms with Gasteiger partial charge in [-0.25, -0.2) is 4.39 Å². The molecule has 0 unspecified atom stereocenters. The van der Waals surface area contributed by atoms with Crippen molar-refractivity contribution in [1.82, 2.24) is 10.1 Å². The van der Waals surface area contributed by atoms with Crippen LogP contribution in [0.3, 0.4) is 0 Å². The van der Waals surface area contributed by atoms with Crippen LogP contribution in [0.15, 0.2) is 34.9 Å². The SMILES string of the molecule is CN(CC(C)(CO)CO)C(=O)c1cc(-c2ccccc2F)on1. The number of hydrogen-bond donors (Lipinski definition) is 2. The van der Waals surface area contributed by atoms with Crippen molar-refractivity contribution < 1.29 is 23.9 Å². The maximum absolute atomic E-state index is 13.7. The number of hydrogen-bond acceptors (Lipinski definition) is 5. The molecule has 2 aromatic rings. The second-order valence-electron chi connectivity index (χ2n) is 5.84. The number of nitrogens with zero attached hydrogens (tertiary/aromatic N) is 2. The van der Waals surface area contributed by atoms with E-state index in [0.717, 1.165) is 0 Å². The first-order chi connectivity index (χ1) is 10.9. The average Bonchev–Trinajstić information content (AvgIpc) is 3.04. The van der Waals surface area contributed by atoms with E-state index in [1.54, 1.807) is 19.1 Å². The first kappa shape index (κ1) is 17.1. The highest BCUT2D eigenvalue weighted by atomic mass is 19.1.